The van der Waals surface area contributed by atoms with E-state index in [4.69, 9.17) is 9.47 Å². The second-order valence-corrected chi connectivity index (χ2v) is 11.1. The van der Waals surface area contributed by atoms with Gasteiger partial charge in [-0.3, -0.25) is 19.3 Å². The summed E-state index contributed by atoms with van der Waals surface area (Å²) in [6, 6.07) is 21.8. The summed E-state index contributed by atoms with van der Waals surface area (Å²) in [5.41, 5.74) is 4.83. The summed E-state index contributed by atoms with van der Waals surface area (Å²) in [6.07, 6.45) is 1.67. The Bertz CT molecular complexity index is 1420. The molecular formula is C34H34N2O6. The SMILES string of the molecule is CCCC[C@@H](C(=O)OCC(=O)Nc1ccc(OCC)cc1)N1C(=O)[C@@H]2C3c4ccccc4C(c4ccccc43)[C@@H]2C1=O. The van der Waals surface area contributed by atoms with Crippen LogP contribution in [0.15, 0.2) is 72.8 Å². The fraction of sp³-hybridized carbons (Fsp3) is 0.353. The average molecular weight is 567 g/mol. The van der Waals surface area contributed by atoms with Crippen LogP contribution < -0.4 is 10.1 Å². The zero-order valence-electron chi connectivity index (χ0n) is 23.7. The van der Waals surface area contributed by atoms with E-state index in [-0.39, 0.29) is 30.1 Å². The molecular weight excluding hydrogens is 532 g/mol. The van der Waals surface area contributed by atoms with Crippen LogP contribution in [0.4, 0.5) is 5.69 Å². The van der Waals surface area contributed by atoms with Crippen molar-refractivity contribution in [3.63, 3.8) is 0 Å². The molecule has 0 radical (unpaired) electrons. The Morgan fingerprint density at radius 2 is 1.33 bits per heavy atom. The van der Waals surface area contributed by atoms with Crippen molar-refractivity contribution in [1.82, 2.24) is 4.90 Å². The number of ether oxygens (including phenoxy) is 2. The van der Waals surface area contributed by atoms with Crippen molar-refractivity contribution >= 4 is 29.4 Å². The molecule has 1 fully saturated rings. The first-order chi connectivity index (χ1) is 20.4. The first-order valence-electron chi connectivity index (χ1n) is 14.7. The van der Waals surface area contributed by atoms with Crippen molar-refractivity contribution in [2.24, 2.45) is 11.8 Å². The fourth-order valence-electron chi connectivity index (χ4n) is 6.99. The molecule has 0 saturated carbocycles. The maximum absolute atomic E-state index is 14.1. The van der Waals surface area contributed by atoms with Gasteiger partial charge in [-0.2, -0.15) is 0 Å². The summed E-state index contributed by atoms with van der Waals surface area (Å²) in [5.74, 6) is -2.90. The summed E-state index contributed by atoms with van der Waals surface area (Å²) in [5, 5.41) is 2.70. The normalized spacial score (nSPS) is 22.2. The summed E-state index contributed by atoms with van der Waals surface area (Å²) in [6.45, 7) is 3.87. The lowest BCUT2D eigenvalue weighted by Gasteiger charge is -2.45. The number of hydrogen-bond acceptors (Lipinski definition) is 6. The Kier molecular flexibility index (Phi) is 7.54. The minimum atomic E-state index is -1.08. The summed E-state index contributed by atoms with van der Waals surface area (Å²) in [4.78, 5) is 55.5. The molecule has 216 valence electrons. The minimum Gasteiger partial charge on any atom is -0.494 e. The van der Waals surface area contributed by atoms with E-state index >= 15 is 0 Å². The molecule has 3 aliphatic carbocycles. The van der Waals surface area contributed by atoms with Crippen LogP contribution in [0.1, 0.15) is 67.2 Å². The molecule has 8 nitrogen and oxygen atoms in total. The third-order valence-electron chi connectivity index (χ3n) is 8.69. The van der Waals surface area contributed by atoms with Crippen LogP contribution in [-0.2, 0) is 23.9 Å². The summed E-state index contributed by atoms with van der Waals surface area (Å²) >= 11 is 0. The van der Waals surface area contributed by atoms with Crippen LogP contribution >= 0.6 is 0 Å². The monoisotopic (exact) mass is 566 g/mol. The zero-order chi connectivity index (χ0) is 29.4. The predicted molar refractivity (Wildman–Crippen MR) is 156 cm³/mol. The lowest BCUT2D eigenvalue weighted by molar-refractivity contribution is -0.160. The van der Waals surface area contributed by atoms with Crippen molar-refractivity contribution in [3.8, 4) is 5.75 Å². The van der Waals surface area contributed by atoms with E-state index in [1.165, 1.54) is 0 Å². The van der Waals surface area contributed by atoms with E-state index < -0.39 is 36.4 Å². The Morgan fingerprint density at radius 3 is 1.81 bits per heavy atom. The average Bonchev–Trinajstić information content (AvgIpc) is 3.27. The smallest absolute Gasteiger partial charge is 0.329 e. The van der Waals surface area contributed by atoms with Crippen molar-refractivity contribution in [2.75, 3.05) is 18.5 Å². The molecule has 0 spiro atoms. The molecule has 1 heterocycles. The van der Waals surface area contributed by atoms with Crippen LogP contribution in [0.2, 0.25) is 0 Å². The van der Waals surface area contributed by atoms with Crippen LogP contribution in [0, 0.1) is 11.8 Å². The Morgan fingerprint density at radius 1 is 0.810 bits per heavy atom. The van der Waals surface area contributed by atoms with Gasteiger partial charge in [-0.15, -0.1) is 0 Å². The maximum Gasteiger partial charge on any atom is 0.329 e. The van der Waals surface area contributed by atoms with Gasteiger partial charge in [-0.1, -0.05) is 68.3 Å². The number of hydrogen-bond donors (Lipinski definition) is 1. The lowest BCUT2D eigenvalue weighted by atomic mass is 9.55. The Balaban J connectivity index is 1.22. The molecule has 4 aliphatic rings. The molecule has 2 bridgehead atoms. The standard InChI is InChI=1S/C34H34N2O6/c1-3-5-14-26(34(40)42-19-27(37)35-20-15-17-21(18-16-20)41-4-2)36-32(38)30-28-22-10-6-7-11-23(22)29(31(30)33(36)39)25-13-9-8-12-24(25)28/h6-13,15-18,26,28-31H,3-5,14,19H2,1-2H3,(H,35,37)/t26-,28?,29?,30-,31+/m0/s1. The molecule has 3 aromatic carbocycles. The largest absolute Gasteiger partial charge is 0.494 e. The van der Waals surface area contributed by atoms with E-state index in [1.54, 1.807) is 24.3 Å². The minimum absolute atomic E-state index is 0.253. The molecule has 0 unspecified atom stereocenters. The molecule has 42 heavy (non-hydrogen) atoms. The van der Waals surface area contributed by atoms with Gasteiger partial charge in [-0.05, 0) is 59.9 Å². The van der Waals surface area contributed by atoms with Gasteiger partial charge in [0.15, 0.2) is 6.61 Å². The van der Waals surface area contributed by atoms with E-state index in [0.717, 1.165) is 33.6 Å². The van der Waals surface area contributed by atoms with Gasteiger partial charge >= 0.3 is 5.97 Å². The highest BCUT2D eigenvalue weighted by molar-refractivity contribution is 6.10. The van der Waals surface area contributed by atoms with Crippen LogP contribution in [0.5, 0.6) is 5.75 Å². The maximum atomic E-state index is 14.1. The first-order valence-corrected chi connectivity index (χ1v) is 14.7. The van der Waals surface area contributed by atoms with Gasteiger partial charge in [-0.25, -0.2) is 4.79 Å². The number of imide groups is 1. The van der Waals surface area contributed by atoms with Crippen molar-refractivity contribution in [3.05, 3.63) is 95.1 Å². The molecule has 3 amide bonds. The van der Waals surface area contributed by atoms with Crippen LogP contribution in [-0.4, -0.2) is 47.8 Å². The molecule has 0 aromatic heterocycles. The van der Waals surface area contributed by atoms with Crippen molar-refractivity contribution in [2.45, 2.75) is 51.0 Å². The molecule has 1 N–H and O–H groups in total. The van der Waals surface area contributed by atoms with Crippen LogP contribution in [0.25, 0.3) is 0 Å². The highest BCUT2D eigenvalue weighted by Crippen LogP contribution is 2.61. The number of nitrogens with zero attached hydrogens (tertiary/aromatic N) is 1. The number of carbonyl (C=O) groups is 4. The van der Waals surface area contributed by atoms with Gasteiger partial charge in [0, 0.05) is 17.5 Å². The molecule has 8 heteroatoms. The topological polar surface area (TPSA) is 102 Å². The van der Waals surface area contributed by atoms with Gasteiger partial charge in [0.25, 0.3) is 5.91 Å². The number of unbranched alkanes of at least 4 members (excludes halogenated alkanes) is 1. The van der Waals surface area contributed by atoms with Gasteiger partial charge in [0.2, 0.25) is 11.8 Å². The number of carbonyl (C=O) groups excluding carboxylic acids is 4. The Hall–Kier alpha value is -4.46. The van der Waals surface area contributed by atoms with Gasteiger partial charge < -0.3 is 14.8 Å². The number of esters is 1. The van der Waals surface area contributed by atoms with Gasteiger partial charge in [0.05, 0.1) is 18.4 Å². The number of benzene rings is 3. The first kappa shape index (κ1) is 27.7. The zero-order valence-corrected chi connectivity index (χ0v) is 23.7. The van der Waals surface area contributed by atoms with Gasteiger partial charge in [0.1, 0.15) is 11.8 Å². The summed E-state index contributed by atoms with van der Waals surface area (Å²) < 4.78 is 10.8. The number of rotatable bonds is 10. The third kappa shape index (κ3) is 4.65. The number of anilines is 1. The second-order valence-electron chi connectivity index (χ2n) is 11.1. The third-order valence-corrected chi connectivity index (χ3v) is 8.69. The summed E-state index contributed by atoms with van der Waals surface area (Å²) in [7, 11) is 0. The van der Waals surface area contributed by atoms with E-state index in [9.17, 15) is 19.2 Å². The number of amides is 3. The molecule has 3 aromatic rings. The quantitative estimate of drug-likeness (QED) is 0.273. The molecule has 3 atom stereocenters. The van der Waals surface area contributed by atoms with Crippen molar-refractivity contribution < 1.29 is 28.7 Å². The van der Waals surface area contributed by atoms with Crippen LogP contribution in [0.3, 0.4) is 0 Å². The fourth-order valence-corrected chi connectivity index (χ4v) is 6.99. The number of nitrogens with one attached hydrogen (secondary N) is 1. The van der Waals surface area contributed by atoms with E-state index in [1.807, 2.05) is 62.4 Å². The Labute approximate surface area is 245 Å². The molecule has 7 rings (SSSR count). The van der Waals surface area contributed by atoms with E-state index in [2.05, 4.69) is 5.32 Å². The lowest BCUT2D eigenvalue weighted by Crippen LogP contribution is -2.47. The second kappa shape index (κ2) is 11.4. The predicted octanol–water partition coefficient (Wildman–Crippen LogP) is 5.02. The van der Waals surface area contributed by atoms with E-state index in [0.29, 0.717) is 24.5 Å². The van der Waals surface area contributed by atoms with Crippen molar-refractivity contribution in [1.29, 1.82) is 0 Å². The highest BCUT2D eigenvalue weighted by Gasteiger charge is 2.63. The number of likely N-dealkylation sites (tertiary alicyclic amines) is 1. The molecule has 1 aliphatic heterocycles. The molecule has 1 saturated heterocycles. The highest BCUT2D eigenvalue weighted by atomic mass is 16.5.